The highest BCUT2D eigenvalue weighted by molar-refractivity contribution is 7.92. The van der Waals surface area contributed by atoms with Crippen molar-refractivity contribution in [2.24, 2.45) is 0 Å². The number of sulfone groups is 1. The quantitative estimate of drug-likeness (QED) is 0.478. The third kappa shape index (κ3) is 3.87. The van der Waals surface area contributed by atoms with Crippen LogP contribution in [-0.2, 0) is 21.2 Å². The highest BCUT2D eigenvalue weighted by Crippen LogP contribution is 2.37. The van der Waals surface area contributed by atoms with Crippen molar-refractivity contribution in [1.29, 1.82) is 0 Å². The van der Waals surface area contributed by atoms with E-state index in [9.17, 15) is 31.2 Å². The molecule has 0 bridgehead atoms. The number of alkyl halides is 3. The van der Waals surface area contributed by atoms with Crippen LogP contribution in [0.15, 0.2) is 59.6 Å². The van der Waals surface area contributed by atoms with Crippen molar-refractivity contribution < 1.29 is 35.9 Å². The van der Waals surface area contributed by atoms with E-state index < -0.39 is 37.7 Å². The summed E-state index contributed by atoms with van der Waals surface area (Å²) in [7, 11) is -4.06. The van der Waals surface area contributed by atoms with Crippen LogP contribution in [0.2, 0.25) is 0 Å². The molecule has 184 valence electrons. The Kier molecular flexibility index (Phi) is 5.75. The third-order valence-electron chi connectivity index (χ3n) is 5.90. The molecule has 0 spiro atoms. The Labute approximate surface area is 198 Å². The first-order valence-corrected chi connectivity index (χ1v) is 11.8. The maximum Gasteiger partial charge on any atom is 0.501 e. The molecular weight excluding hydrogens is 487 g/mol. The summed E-state index contributed by atoms with van der Waals surface area (Å²) in [6, 6.07) is 9.74. The van der Waals surface area contributed by atoms with E-state index in [4.69, 9.17) is 4.74 Å². The average Bonchev–Trinajstić information content (AvgIpc) is 2.97. The minimum Gasteiger partial charge on any atom is -0.496 e. The second kappa shape index (κ2) is 8.22. The maximum atomic E-state index is 13.4. The predicted octanol–water partition coefficient (Wildman–Crippen LogP) is 4.28. The smallest absolute Gasteiger partial charge is 0.496 e. The molecule has 0 aliphatic carbocycles. The molecule has 3 aromatic rings. The number of hydrogen-bond acceptors (Lipinski definition) is 6. The number of nitrogens with zero attached hydrogens (tertiary/aromatic N) is 3. The van der Waals surface area contributed by atoms with Crippen LogP contribution in [0.4, 0.5) is 23.7 Å². The second-order valence-corrected chi connectivity index (χ2v) is 10.3. The number of rotatable bonds is 5. The van der Waals surface area contributed by atoms with Crippen molar-refractivity contribution in [3.05, 3.63) is 60.3 Å². The van der Waals surface area contributed by atoms with Crippen LogP contribution in [0.1, 0.15) is 19.4 Å². The van der Waals surface area contributed by atoms with E-state index in [1.165, 1.54) is 12.0 Å². The van der Waals surface area contributed by atoms with Gasteiger partial charge in [-0.05, 0) is 61.9 Å². The molecule has 0 radical (unpaired) electrons. The van der Waals surface area contributed by atoms with Gasteiger partial charge >= 0.3 is 11.5 Å². The van der Waals surface area contributed by atoms with Gasteiger partial charge in [-0.1, -0.05) is 6.07 Å². The Bertz CT molecular complexity index is 1430. The molecule has 1 aliphatic rings. The number of pyridine rings is 1. The second-order valence-electron chi connectivity index (χ2n) is 8.34. The SMILES string of the molecule is COc1cccc2nccc(CN3C(=O)N(c4ccc(S(=O)(=O)C(F)(F)F)cc4)C(=O)C3(C)C)c12. The van der Waals surface area contributed by atoms with Crippen LogP contribution in [0.5, 0.6) is 5.75 Å². The molecular formula is C23H20F3N3O5S. The van der Waals surface area contributed by atoms with Gasteiger partial charge < -0.3 is 9.64 Å². The number of amides is 3. The van der Waals surface area contributed by atoms with Crippen molar-refractivity contribution in [1.82, 2.24) is 9.88 Å². The van der Waals surface area contributed by atoms with Crippen molar-refractivity contribution >= 4 is 38.4 Å². The van der Waals surface area contributed by atoms with Crippen molar-refractivity contribution in [3.8, 4) is 5.75 Å². The number of carbonyl (C=O) groups is 2. The Hall–Kier alpha value is -3.67. The Balaban J connectivity index is 1.71. The molecule has 1 aromatic heterocycles. The molecule has 1 saturated heterocycles. The zero-order chi connectivity index (χ0) is 25.8. The highest BCUT2D eigenvalue weighted by Gasteiger charge is 2.52. The molecule has 2 heterocycles. The fourth-order valence-electron chi connectivity index (χ4n) is 3.95. The summed E-state index contributed by atoms with van der Waals surface area (Å²) in [5.74, 6) is -0.0704. The predicted molar refractivity (Wildman–Crippen MR) is 120 cm³/mol. The number of urea groups is 1. The number of halogens is 3. The molecule has 0 N–H and O–H groups in total. The first kappa shape index (κ1) is 24.5. The topological polar surface area (TPSA) is 96.9 Å². The van der Waals surface area contributed by atoms with Gasteiger partial charge in [-0.2, -0.15) is 13.2 Å². The van der Waals surface area contributed by atoms with Gasteiger partial charge in [-0.25, -0.2) is 18.1 Å². The number of carbonyl (C=O) groups excluding carboxylic acids is 2. The molecule has 3 amide bonds. The summed E-state index contributed by atoms with van der Waals surface area (Å²) in [6.45, 7) is 3.13. The number of anilines is 1. The normalized spacial score (nSPS) is 16.3. The van der Waals surface area contributed by atoms with Crippen LogP contribution < -0.4 is 9.64 Å². The molecule has 1 aliphatic heterocycles. The van der Waals surface area contributed by atoms with Gasteiger partial charge in [-0.15, -0.1) is 0 Å². The standard InChI is InChI=1S/C23H20F3N3O5S/c1-22(2)20(30)29(15-7-9-16(10-8-15)35(32,33)23(24,25)26)21(31)28(22)13-14-11-12-27-17-5-4-6-18(34-3)19(14)17/h4-12H,13H2,1-3H3. The molecule has 0 unspecified atom stereocenters. The monoisotopic (exact) mass is 507 g/mol. The minimum absolute atomic E-state index is 0.0218. The summed E-state index contributed by atoms with van der Waals surface area (Å²) in [5.41, 5.74) is -5.51. The van der Waals surface area contributed by atoms with E-state index >= 15 is 0 Å². The summed E-state index contributed by atoms with van der Waals surface area (Å²) < 4.78 is 67.2. The molecule has 1 fully saturated rings. The first-order chi connectivity index (χ1) is 16.3. The Morgan fingerprint density at radius 2 is 1.69 bits per heavy atom. The lowest BCUT2D eigenvalue weighted by Gasteiger charge is -2.28. The molecule has 4 rings (SSSR count). The number of hydrogen-bond donors (Lipinski definition) is 0. The van der Waals surface area contributed by atoms with Gasteiger partial charge in [0.1, 0.15) is 11.3 Å². The summed E-state index contributed by atoms with van der Waals surface area (Å²) in [5, 5.41) is 0.675. The summed E-state index contributed by atoms with van der Waals surface area (Å²) >= 11 is 0. The van der Waals surface area contributed by atoms with E-state index in [1.54, 1.807) is 44.3 Å². The van der Waals surface area contributed by atoms with Crippen LogP contribution in [0.3, 0.4) is 0 Å². The van der Waals surface area contributed by atoms with Gasteiger partial charge in [-0.3, -0.25) is 9.78 Å². The first-order valence-electron chi connectivity index (χ1n) is 10.3. The van der Waals surface area contributed by atoms with Gasteiger partial charge in [0.15, 0.2) is 0 Å². The molecule has 2 aromatic carbocycles. The van der Waals surface area contributed by atoms with Gasteiger partial charge in [0.25, 0.3) is 15.7 Å². The fourth-order valence-corrected chi connectivity index (χ4v) is 4.71. The van der Waals surface area contributed by atoms with Gasteiger partial charge in [0.2, 0.25) is 0 Å². The van der Waals surface area contributed by atoms with Crippen LogP contribution >= 0.6 is 0 Å². The highest BCUT2D eigenvalue weighted by atomic mass is 32.2. The lowest BCUT2D eigenvalue weighted by molar-refractivity contribution is -0.123. The number of ether oxygens (including phenoxy) is 1. The zero-order valence-corrected chi connectivity index (χ0v) is 19.6. The van der Waals surface area contributed by atoms with Gasteiger partial charge in [0, 0.05) is 18.1 Å². The van der Waals surface area contributed by atoms with E-state index in [0.29, 0.717) is 22.2 Å². The van der Waals surface area contributed by atoms with Crippen molar-refractivity contribution in [2.45, 2.75) is 36.3 Å². The van der Waals surface area contributed by atoms with Crippen LogP contribution in [0.25, 0.3) is 10.9 Å². The molecule has 0 saturated carbocycles. The van der Waals surface area contributed by atoms with Crippen LogP contribution in [0, 0.1) is 0 Å². The number of fused-ring (bicyclic) bond motifs is 1. The van der Waals surface area contributed by atoms with E-state index in [0.717, 1.165) is 29.2 Å². The summed E-state index contributed by atoms with van der Waals surface area (Å²) in [6.07, 6.45) is 1.57. The average molecular weight is 507 g/mol. The van der Waals surface area contributed by atoms with Crippen LogP contribution in [-0.4, -0.2) is 48.4 Å². The van der Waals surface area contributed by atoms with Crippen molar-refractivity contribution in [2.75, 3.05) is 12.0 Å². The van der Waals surface area contributed by atoms with E-state index in [1.807, 2.05) is 0 Å². The molecule has 8 nitrogen and oxygen atoms in total. The Morgan fingerprint density at radius 3 is 2.29 bits per heavy atom. The van der Waals surface area contributed by atoms with E-state index in [2.05, 4.69) is 4.98 Å². The molecule has 12 heteroatoms. The van der Waals surface area contributed by atoms with Crippen molar-refractivity contribution in [3.63, 3.8) is 0 Å². The maximum absolute atomic E-state index is 13.4. The zero-order valence-electron chi connectivity index (χ0n) is 18.8. The molecule has 35 heavy (non-hydrogen) atoms. The number of benzene rings is 2. The Morgan fingerprint density at radius 1 is 1.03 bits per heavy atom. The fraction of sp³-hybridized carbons (Fsp3) is 0.261. The lowest BCUT2D eigenvalue weighted by atomic mass is 10.0. The minimum atomic E-state index is -5.56. The number of aromatic nitrogens is 1. The summed E-state index contributed by atoms with van der Waals surface area (Å²) in [4.78, 5) is 32.0. The number of imide groups is 1. The number of methoxy groups -OCH3 is 1. The largest absolute Gasteiger partial charge is 0.501 e. The molecule has 0 atom stereocenters. The van der Waals surface area contributed by atoms with E-state index in [-0.39, 0.29) is 12.2 Å². The lowest BCUT2D eigenvalue weighted by Crippen LogP contribution is -2.43. The van der Waals surface area contributed by atoms with Gasteiger partial charge in [0.05, 0.1) is 23.2 Å². The third-order valence-corrected chi connectivity index (χ3v) is 7.40.